The standard InChI is InChI=1S/C18H18N4O4S/c1-13-19-17(21-26-13)18(23)20-15-8-10-16(11-9-15)27(24,25)22(2)12-14-6-4-3-5-7-14/h3-11H,12H2,1-2H3,(H,20,23). The summed E-state index contributed by atoms with van der Waals surface area (Å²) in [5.74, 6) is -0.349. The Hall–Kier alpha value is -3.04. The number of rotatable bonds is 6. The molecule has 0 saturated heterocycles. The molecule has 3 rings (SSSR count). The number of aromatic nitrogens is 2. The number of hydrogen-bond donors (Lipinski definition) is 1. The summed E-state index contributed by atoms with van der Waals surface area (Å²) in [6.07, 6.45) is 0. The van der Waals surface area contributed by atoms with Crippen LogP contribution in [0.25, 0.3) is 0 Å². The van der Waals surface area contributed by atoms with Gasteiger partial charge in [0.1, 0.15) is 0 Å². The van der Waals surface area contributed by atoms with Gasteiger partial charge in [0.05, 0.1) is 4.90 Å². The number of sulfonamides is 1. The number of amides is 1. The van der Waals surface area contributed by atoms with E-state index in [0.717, 1.165) is 5.56 Å². The Balaban J connectivity index is 1.71. The Kier molecular flexibility index (Phi) is 5.33. The first-order chi connectivity index (χ1) is 12.9. The highest BCUT2D eigenvalue weighted by Gasteiger charge is 2.21. The first-order valence-corrected chi connectivity index (χ1v) is 9.52. The van der Waals surface area contributed by atoms with E-state index in [0.29, 0.717) is 5.69 Å². The van der Waals surface area contributed by atoms with E-state index < -0.39 is 15.9 Å². The van der Waals surface area contributed by atoms with Crippen molar-refractivity contribution in [1.82, 2.24) is 14.4 Å². The lowest BCUT2D eigenvalue weighted by Crippen LogP contribution is -2.26. The van der Waals surface area contributed by atoms with E-state index in [9.17, 15) is 13.2 Å². The SMILES string of the molecule is Cc1nc(C(=O)Nc2ccc(S(=O)(=O)N(C)Cc3ccccc3)cc2)no1. The fraction of sp³-hybridized carbons (Fsp3) is 0.167. The molecule has 9 heteroatoms. The Labute approximate surface area is 156 Å². The van der Waals surface area contributed by atoms with E-state index >= 15 is 0 Å². The molecular formula is C18H18N4O4S. The van der Waals surface area contributed by atoms with Crippen molar-refractivity contribution in [3.63, 3.8) is 0 Å². The molecule has 0 unspecified atom stereocenters. The molecule has 0 radical (unpaired) electrons. The van der Waals surface area contributed by atoms with Crippen LogP contribution < -0.4 is 5.32 Å². The maximum atomic E-state index is 12.7. The molecule has 0 fully saturated rings. The molecule has 0 spiro atoms. The second kappa shape index (κ2) is 7.68. The third kappa shape index (κ3) is 4.39. The quantitative estimate of drug-likeness (QED) is 0.698. The average Bonchev–Trinajstić information content (AvgIpc) is 3.09. The molecule has 0 aliphatic rings. The molecule has 1 aromatic heterocycles. The number of anilines is 1. The molecule has 0 saturated carbocycles. The lowest BCUT2D eigenvalue weighted by molar-refractivity contribution is 0.101. The van der Waals surface area contributed by atoms with Crippen molar-refractivity contribution >= 4 is 21.6 Å². The van der Waals surface area contributed by atoms with E-state index in [-0.39, 0.29) is 23.2 Å². The molecule has 8 nitrogen and oxygen atoms in total. The zero-order chi connectivity index (χ0) is 19.4. The van der Waals surface area contributed by atoms with Crippen molar-refractivity contribution < 1.29 is 17.7 Å². The largest absolute Gasteiger partial charge is 0.339 e. The van der Waals surface area contributed by atoms with Gasteiger partial charge in [-0.1, -0.05) is 35.5 Å². The van der Waals surface area contributed by atoms with Crippen molar-refractivity contribution in [2.45, 2.75) is 18.4 Å². The lowest BCUT2D eigenvalue weighted by atomic mass is 10.2. The number of nitrogens with one attached hydrogen (secondary N) is 1. The minimum atomic E-state index is -3.65. The fourth-order valence-corrected chi connectivity index (χ4v) is 3.55. The van der Waals surface area contributed by atoms with Gasteiger partial charge in [-0.15, -0.1) is 0 Å². The summed E-state index contributed by atoms with van der Waals surface area (Å²) >= 11 is 0. The van der Waals surface area contributed by atoms with E-state index in [1.165, 1.54) is 35.6 Å². The van der Waals surface area contributed by atoms with Gasteiger partial charge in [-0.05, 0) is 29.8 Å². The van der Waals surface area contributed by atoms with Crippen LogP contribution >= 0.6 is 0 Å². The lowest BCUT2D eigenvalue weighted by Gasteiger charge is -2.17. The van der Waals surface area contributed by atoms with Crippen LogP contribution in [0.3, 0.4) is 0 Å². The number of benzene rings is 2. The number of aryl methyl sites for hydroxylation is 1. The second-order valence-corrected chi connectivity index (χ2v) is 7.91. The van der Waals surface area contributed by atoms with Crippen molar-refractivity contribution in [2.75, 3.05) is 12.4 Å². The maximum Gasteiger partial charge on any atom is 0.297 e. The van der Waals surface area contributed by atoms with Gasteiger partial charge < -0.3 is 9.84 Å². The summed E-state index contributed by atoms with van der Waals surface area (Å²) in [5, 5.41) is 6.12. The van der Waals surface area contributed by atoms with E-state index in [2.05, 4.69) is 15.5 Å². The first-order valence-electron chi connectivity index (χ1n) is 8.08. The third-order valence-corrected chi connectivity index (χ3v) is 5.62. The Morgan fingerprint density at radius 2 is 1.78 bits per heavy atom. The third-order valence-electron chi connectivity index (χ3n) is 3.80. The molecule has 0 aliphatic carbocycles. The molecular weight excluding hydrogens is 368 g/mol. The molecule has 0 aliphatic heterocycles. The summed E-state index contributed by atoms with van der Waals surface area (Å²) in [6, 6.07) is 15.2. The molecule has 1 heterocycles. The molecule has 1 N–H and O–H groups in total. The van der Waals surface area contributed by atoms with Gasteiger partial charge in [0, 0.05) is 26.2 Å². The van der Waals surface area contributed by atoms with Crippen LogP contribution in [-0.2, 0) is 16.6 Å². The number of hydrogen-bond acceptors (Lipinski definition) is 6. The van der Waals surface area contributed by atoms with E-state index in [1.54, 1.807) is 6.92 Å². The van der Waals surface area contributed by atoms with Crippen molar-refractivity contribution in [2.24, 2.45) is 0 Å². The Bertz CT molecular complexity index is 1030. The van der Waals surface area contributed by atoms with Crippen LogP contribution in [-0.4, -0.2) is 35.8 Å². The zero-order valence-electron chi connectivity index (χ0n) is 14.8. The van der Waals surface area contributed by atoms with Gasteiger partial charge in [-0.3, -0.25) is 4.79 Å². The average molecular weight is 386 g/mol. The predicted octanol–water partition coefficient (Wildman–Crippen LogP) is 2.45. The second-order valence-electron chi connectivity index (χ2n) is 5.86. The van der Waals surface area contributed by atoms with Gasteiger partial charge in [0.15, 0.2) is 0 Å². The number of carbonyl (C=O) groups excluding carboxylic acids is 1. The normalized spacial score (nSPS) is 11.5. The molecule has 1 amide bonds. The summed E-state index contributed by atoms with van der Waals surface area (Å²) in [6.45, 7) is 1.84. The molecule has 27 heavy (non-hydrogen) atoms. The predicted molar refractivity (Wildman–Crippen MR) is 98.5 cm³/mol. The molecule has 0 atom stereocenters. The van der Waals surface area contributed by atoms with Gasteiger partial charge in [-0.2, -0.15) is 9.29 Å². The summed E-state index contributed by atoms with van der Waals surface area (Å²) in [5.41, 5.74) is 1.31. The first kappa shape index (κ1) is 18.7. The highest BCUT2D eigenvalue weighted by molar-refractivity contribution is 7.89. The monoisotopic (exact) mass is 386 g/mol. The van der Waals surface area contributed by atoms with Crippen LogP contribution in [0.4, 0.5) is 5.69 Å². The Morgan fingerprint density at radius 1 is 1.11 bits per heavy atom. The highest BCUT2D eigenvalue weighted by atomic mass is 32.2. The number of carbonyl (C=O) groups is 1. The van der Waals surface area contributed by atoms with Crippen LogP contribution in [0.2, 0.25) is 0 Å². The van der Waals surface area contributed by atoms with Gasteiger partial charge >= 0.3 is 0 Å². The molecule has 0 bridgehead atoms. The zero-order valence-corrected chi connectivity index (χ0v) is 15.6. The van der Waals surface area contributed by atoms with Crippen molar-refractivity contribution in [3.8, 4) is 0 Å². The maximum absolute atomic E-state index is 12.7. The highest BCUT2D eigenvalue weighted by Crippen LogP contribution is 2.19. The fourth-order valence-electron chi connectivity index (χ4n) is 2.39. The summed E-state index contributed by atoms with van der Waals surface area (Å²) in [7, 11) is -2.13. The van der Waals surface area contributed by atoms with Gasteiger partial charge in [0.2, 0.25) is 15.9 Å². The van der Waals surface area contributed by atoms with Crippen LogP contribution in [0.15, 0.2) is 64.0 Å². The van der Waals surface area contributed by atoms with Crippen molar-refractivity contribution in [3.05, 3.63) is 71.9 Å². The van der Waals surface area contributed by atoms with E-state index in [4.69, 9.17) is 4.52 Å². The molecule has 140 valence electrons. The van der Waals surface area contributed by atoms with Crippen molar-refractivity contribution in [1.29, 1.82) is 0 Å². The number of nitrogens with zero attached hydrogens (tertiary/aromatic N) is 3. The topological polar surface area (TPSA) is 105 Å². The molecule has 2 aromatic carbocycles. The van der Waals surface area contributed by atoms with Crippen LogP contribution in [0.1, 0.15) is 22.1 Å². The van der Waals surface area contributed by atoms with Crippen LogP contribution in [0, 0.1) is 6.92 Å². The minimum absolute atomic E-state index is 0.0909. The van der Waals surface area contributed by atoms with Gasteiger partial charge in [0.25, 0.3) is 11.7 Å². The van der Waals surface area contributed by atoms with E-state index in [1.807, 2.05) is 30.3 Å². The molecule has 3 aromatic rings. The van der Waals surface area contributed by atoms with Gasteiger partial charge in [-0.25, -0.2) is 8.42 Å². The van der Waals surface area contributed by atoms with Crippen LogP contribution in [0.5, 0.6) is 0 Å². The minimum Gasteiger partial charge on any atom is -0.339 e. The summed E-state index contributed by atoms with van der Waals surface area (Å²) < 4.78 is 31.4. The Morgan fingerprint density at radius 3 is 2.37 bits per heavy atom. The smallest absolute Gasteiger partial charge is 0.297 e. The summed E-state index contributed by atoms with van der Waals surface area (Å²) in [4.78, 5) is 16.0.